The van der Waals surface area contributed by atoms with Crippen LogP contribution in [0.15, 0.2) is 30.3 Å². The highest BCUT2D eigenvalue weighted by molar-refractivity contribution is 5.99. The van der Waals surface area contributed by atoms with Crippen LogP contribution in [0, 0.1) is 20.8 Å². The van der Waals surface area contributed by atoms with Gasteiger partial charge in [0.25, 0.3) is 5.91 Å². The van der Waals surface area contributed by atoms with Crippen molar-refractivity contribution < 1.29 is 19.5 Å². The highest BCUT2D eigenvalue weighted by Gasteiger charge is 2.19. The van der Waals surface area contributed by atoms with E-state index < -0.39 is 11.9 Å². The zero-order chi connectivity index (χ0) is 19.4. The Bertz CT molecular complexity index is 857. The number of rotatable bonds is 5. The molecule has 1 aromatic carbocycles. The molecular formula is C19H21N3O4. The van der Waals surface area contributed by atoms with Crippen molar-refractivity contribution in [1.29, 1.82) is 0 Å². The van der Waals surface area contributed by atoms with Crippen molar-refractivity contribution in [2.45, 2.75) is 20.8 Å². The molecule has 2 aromatic rings. The third-order valence-corrected chi connectivity index (χ3v) is 4.01. The molecule has 0 bridgehead atoms. The highest BCUT2D eigenvalue weighted by atomic mass is 16.4. The Morgan fingerprint density at radius 3 is 2.23 bits per heavy atom. The molecule has 0 saturated carbocycles. The number of amides is 2. The molecule has 0 atom stereocenters. The summed E-state index contributed by atoms with van der Waals surface area (Å²) in [5.41, 5.74) is 2.99. The monoisotopic (exact) mass is 355 g/mol. The summed E-state index contributed by atoms with van der Waals surface area (Å²) in [6.07, 6.45) is 0. The molecule has 0 aliphatic heterocycles. The molecule has 0 radical (unpaired) electrons. The summed E-state index contributed by atoms with van der Waals surface area (Å²) in [4.78, 5) is 41.0. The first-order valence-corrected chi connectivity index (χ1v) is 8.03. The largest absolute Gasteiger partial charge is 0.478 e. The van der Waals surface area contributed by atoms with Crippen LogP contribution >= 0.6 is 0 Å². The number of para-hydroxylation sites is 1. The minimum absolute atomic E-state index is 0.0389. The first kappa shape index (κ1) is 19.1. The lowest BCUT2D eigenvalue weighted by molar-refractivity contribution is -0.116. The molecule has 1 heterocycles. The number of nitrogens with zero attached hydrogens (tertiary/aromatic N) is 2. The summed E-state index contributed by atoms with van der Waals surface area (Å²) in [5.74, 6) is -1.88. The summed E-state index contributed by atoms with van der Waals surface area (Å²) in [5, 5.41) is 11.8. The molecular weight excluding hydrogens is 334 g/mol. The Morgan fingerprint density at radius 2 is 1.69 bits per heavy atom. The van der Waals surface area contributed by atoms with Crippen molar-refractivity contribution in [3.63, 3.8) is 0 Å². The second-order valence-corrected chi connectivity index (χ2v) is 6.11. The second kappa shape index (κ2) is 7.77. The zero-order valence-corrected chi connectivity index (χ0v) is 15.2. The van der Waals surface area contributed by atoms with E-state index >= 15 is 0 Å². The van der Waals surface area contributed by atoms with E-state index in [9.17, 15) is 14.4 Å². The van der Waals surface area contributed by atoms with E-state index in [-0.39, 0.29) is 29.4 Å². The van der Waals surface area contributed by atoms with Crippen molar-refractivity contribution in [2.24, 2.45) is 0 Å². The van der Waals surface area contributed by atoms with Crippen molar-refractivity contribution in [2.75, 3.05) is 18.9 Å². The van der Waals surface area contributed by atoms with E-state index in [4.69, 9.17) is 5.11 Å². The number of anilines is 1. The maximum absolute atomic E-state index is 12.4. The fourth-order valence-electron chi connectivity index (χ4n) is 2.58. The van der Waals surface area contributed by atoms with Crippen LogP contribution in [0.2, 0.25) is 0 Å². The average molecular weight is 355 g/mol. The van der Waals surface area contributed by atoms with Crippen LogP contribution in [0.5, 0.6) is 0 Å². The van der Waals surface area contributed by atoms with Gasteiger partial charge in [0.15, 0.2) is 0 Å². The van der Waals surface area contributed by atoms with Crippen molar-refractivity contribution >= 4 is 23.5 Å². The quantitative estimate of drug-likeness (QED) is 0.858. The van der Waals surface area contributed by atoms with Gasteiger partial charge >= 0.3 is 5.97 Å². The third-order valence-electron chi connectivity index (χ3n) is 4.01. The minimum Gasteiger partial charge on any atom is -0.478 e. The van der Waals surface area contributed by atoms with Gasteiger partial charge in [-0.3, -0.25) is 9.59 Å². The molecule has 0 fully saturated rings. The van der Waals surface area contributed by atoms with Gasteiger partial charge in [-0.05, 0) is 44.0 Å². The maximum Gasteiger partial charge on any atom is 0.337 e. The number of likely N-dealkylation sites (N-methyl/N-ethyl adjacent to an activating group) is 1. The van der Waals surface area contributed by atoms with E-state index in [1.54, 1.807) is 0 Å². The first-order chi connectivity index (χ1) is 12.2. The molecule has 2 rings (SSSR count). The van der Waals surface area contributed by atoms with Gasteiger partial charge in [-0.1, -0.05) is 18.2 Å². The van der Waals surface area contributed by atoms with Crippen LogP contribution in [0.3, 0.4) is 0 Å². The lowest BCUT2D eigenvalue weighted by Gasteiger charge is -2.18. The maximum atomic E-state index is 12.4. The van der Waals surface area contributed by atoms with E-state index in [1.807, 2.05) is 32.0 Å². The normalized spacial score (nSPS) is 10.3. The van der Waals surface area contributed by atoms with Crippen LogP contribution < -0.4 is 5.32 Å². The topological polar surface area (TPSA) is 99.6 Å². The second-order valence-electron chi connectivity index (χ2n) is 6.11. The number of aromatic nitrogens is 1. The smallest absolute Gasteiger partial charge is 0.337 e. The molecule has 2 amide bonds. The summed E-state index contributed by atoms with van der Waals surface area (Å²) in [6, 6.07) is 8.38. The molecule has 0 aliphatic rings. The predicted octanol–water partition coefficient (Wildman–Crippen LogP) is 2.42. The molecule has 136 valence electrons. The number of carboxylic acids is 1. The Kier molecular flexibility index (Phi) is 5.71. The van der Waals surface area contributed by atoms with Gasteiger partial charge in [-0.2, -0.15) is 0 Å². The number of benzene rings is 1. The fraction of sp³-hybridized carbons (Fsp3) is 0.263. The van der Waals surface area contributed by atoms with Crippen LogP contribution in [0.25, 0.3) is 0 Å². The molecule has 26 heavy (non-hydrogen) atoms. The van der Waals surface area contributed by atoms with Gasteiger partial charge in [0, 0.05) is 12.7 Å². The van der Waals surface area contributed by atoms with Gasteiger partial charge in [0.05, 0.1) is 17.8 Å². The molecule has 0 spiro atoms. The van der Waals surface area contributed by atoms with Gasteiger partial charge in [0.1, 0.15) is 5.69 Å². The number of carbonyl (C=O) groups excluding carboxylic acids is 2. The Labute approximate surface area is 151 Å². The third kappa shape index (κ3) is 4.24. The molecule has 2 N–H and O–H groups in total. The summed E-state index contributed by atoms with van der Waals surface area (Å²) < 4.78 is 0. The molecule has 7 heteroatoms. The Balaban J connectivity index is 2.08. The number of hydrogen-bond acceptors (Lipinski definition) is 4. The molecule has 7 nitrogen and oxygen atoms in total. The lowest BCUT2D eigenvalue weighted by Crippen LogP contribution is -2.35. The molecule has 0 aliphatic carbocycles. The van der Waals surface area contributed by atoms with Gasteiger partial charge in [0.2, 0.25) is 5.91 Å². The van der Waals surface area contributed by atoms with Crippen molar-refractivity contribution in [3.05, 3.63) is 58.4 Å². The highest BCUT2D eigenvalue weighted by Crippen LogP contribution is 2.19. The predicted molar refractivity (Wildman–Crippen MR) is 97.4 cm³/mol. The number of nitrogens with one attached hydrogen (secondary N) is 1. The number of carboxylic acid groups (broad SMARTS) is 1. The summed E-state index contributed by atoms with van der Waals surface area (Å²) in [6.45, 7) is 5.17. The van der Waals surface area contributed by atoms with Crippen LogP contribution in [-0.2, 0) is 4.79 Å². The summed E-state index contributed by atoms with van der Waals surface area (Å²) in [7, 11) is 1.49. The van der Waals surface area contributed by atoms with Crippen LogP contribution in [0.1, 0.15) is 37.7 Å². The average Bonchev–Trinajstić information content (AvgIpc) is 2.57. The van der Waals surface area contributed by atoms with E-state index in [0.29, 0.717) is 0 Å². The zero-order valence-electron chi connectivity index (χ0n) is 15.2. The number of carbonyl (C=O) groups is 3. The van der Waals surface area contributed by atoms with Crippen molar-refractivity contribution in [3.8, 4) is 0 Å². The Hall–Kier alpha value is -3.22. The number of aromatic carboxylic acids is 1. The minimum atomic E-state index is -1.10. The fourth-order valence-corrected chi connectivity index (χ4v) is 2.58. The van der Waals surface area contributed by atoms with Crippen LogP contribution in [0.4, 0.5) is 5.69 Å². The van der Waals surface area contributed by atoms with Gasteiger partial charge in [-0.15, -0.1) is 0 Å². The van der Waals surface area contributed by atoms with Gasteiger partial charge < -0.3 is 15.3 Å². The summed E-state index contributed by atoms with van der Waals surface area (Å²) >= 11 is 0. The molecule has 1 aromatic heterocycles. The van der Waals surface area contributed by atoms with Crippen molar-refractivity contribution in [1.82, 2.24) is 9.88 Å². The Morgan fingerprint density at radius 1 is 1.08 bits per heavy atom. The SMILES string of the molecule is Cc1cccc(C)c1NC(=O)CN(C)C(=O)c1ccc(C(=O)O)c(C)n1. The van der Waals surface area contributed by atoms with Gasteiger partial charge in [-0.25, -0.2) is 9.78 Å². The standard InChI is InChI=1S/C19H21N3O4/c1-11-6-5-7-12(2)17(11)21-16(23)10-22(4)18(24)15-9-8-14(19(25)26)13(3)20-15/h5-9H,10H2,1-4H3,(H,21,23)(H,25,26). The lowest BCUT2D eigenvalue weighted by atomic mass is 10.1. The number of aryl methyl sites for hydroxylation is 3. The van der Waals surface area contributed by atoms with E-state index in [2.05, 4.69) is 10.3 Å². The first-order valence-electron chi connectivity index (χ1n) is 8.03. The molecule has 0 unspecified atom stereocenters. The van der Waals surface area contributed by atoms with E-state index in [1.165, 1.54) is 31.0 Å². The van der Waals surface area contributed by atoms with Crippen LogP contribution in [-0.4, -0.2) is 46.4 Å². The van der Waals surface area contributed by atoms with E-state index in [0.717, 1.165) is 16.8 Å². The number of pyridine rings is 1. The number of hydrogen-bond donors (Lipinski definition) is 2. The molecule has 0 saturated heterocycles.